The van der Waals surface area contributed by atoms with Crippen molar-refractivity contribution in [1.82, 2.24) is 9.47 Å². The number of carbonyl (C=O) groups excluding carboxylic acids is 2. The molecule has 7 nitrogen and oxygen atoms in total. The number of carbonyl (C=O) groups is 2. The molecule has 0 fully saturated rings. The first kappa shape index (κ1) is 28.3. The molecule has 0 spiro atoms. The first-order chi connectivity index (χ1) is 18.9. The van der Waals surface area contributed by atoms with Crippen LogP contribution in [-0.4, -0.2) is 48.1 Å². The monoisotopic (exact) mass is 531 g/mol. The lowest BCUT2D eigenvalue weighted by Crippen LogP contribution is -2.48. The smallest absolute Gasteiger partial charge is 0.247 e. The van der Waals surface area contributed by atoms with E-state index >= 15 is 0 Å². The Balaban J connectivity index is 1.72. The van der Waals surface area contributed by atoms with Gasteiger partial charge in [-0.3, -0.25) is 14.5 Å². The Bertz CT molecular complexity index is 1280. The highest BCUT2D eigenvalue weighted by Crippen LogP contribution is 2.45. The van der Waals surface area contributed by atoms with Gasteiger partial charge in [0.15, 0.2) is 0 Å². The van der Waals surface area contributed by atoms with E-state index in [4.69, 9.17) is 9.47 Å². The maximum absolute atomic E-state index is 14.3. The zero-order valence-corrected chi connectivity index (χ0v) is 23.9. The lowest BCUT2D eigenvalue weighted by molar-refractivity contribution is -0.137. The Labute approximate surface area is 232 Å². The first-order valence-corrected chi connectivity index (χ1v) is 14.0. The van der Waals surface area contributed by atoms with Gasteiger partial charge in [-0.2, -0.15) is 0 Å². The predicted octanol–water partition coefficient (Wildman–Crippen LogP) is 6.53. The fourth-order valence-electron chi connectivity index (χ4n) is 5.41. The van der Waals surface area contributed by atoms with Crippen LogP contribution in [0.2, 0.25) is 0 Å². The van der Waals surface area contributed by atoms with Gasteiger partial charge >= 0.3 is 0 Å². The molecule has 0 saturated heterocycles. The molecule has 208 valence electrons. The van der Waals surface area contributed by atoms with Crippen LogP contribution in [0.4, 0.5) is 5.69 Å². The standard InChI is InChI=1S/C32H41N3O4/c1-6-7-8-9-10-17-30(36)34(23(2)3)22-31(37)35-27-15-12-11-14-26(27)33-20-13-16-28(33)32(35)25-21-24(38-4)18-19-29(25)39-5/h11-16,18-21,23,32H,6-10,17,22H2,1-5H3. The SMILES string of the molecule is CCCCCCCC(=O)N(CC(=O)N1c2ccccc2-n2cccc2C1c1cc(OC)ccc1OC)C(C)C. The fraction of sp³-hybridized carbons (Fsp3) is 0.438. The van der Waals surface area contributed by atoms with Crippen molar-refractivity contribution in [3.05, 3.63) is 72.1 Å². The van der Waals surface area contributed by atoms with Crippen molar-refractivity contribution in [2.45, 2.75) is 71.4 Å². The van der Waals surface area contributed by atoms with E-state index in [-0.39, 0.29) is 24.4 Å². The van der Waals surface area contributed by atoms with Crippen molar-refractivity contribution < 1.29 is 19.1 Å². The molecule has 1 atom stereocenters. The minimum absolute atomic E-state index is 0.00326. The molecule has 2 amide bonds. The normalized spacial score (nSPS) is 14.1. The molecule has 0 N–H and O–H groups in total. The van der Waals surface area contributed by atoms with Gasteiger partial charge in [-0.25, -0.2) is 0 Å². The number of aromatic nitrogens is 1. The van der Waals surface area contributed by atoms with Gasteiger partial charge in [-0.05, 0) is 62.7 Å². The predicted molar refractivity (Wildman–Crippen MR) is 155 cm³/mol. The number of fused-ring (bicyclic) bond motifs is 3. The van der Waals surface area contributed by atoms with Crippen LogP contribution in [0.25, 0.3) is 5.69 Å². The summed E-state index contributed by atoms with van der Waals surface area (Å²) in [6.45, 7) is 6.13. The Kier molecular flexibility index (Phi) is 9.33. The van der Waals surface area contributed by atoms with Crippen molar-refractivity contribution in [1.29, 1.82) is 0 Å². The van der Waals surface area contributed by atoms with E-state index in [1.165, 1.54) is 12.8 Å². The van der Waals surface area contributed by atoms with E-state index in [1.807, 2.05) is 79.5 Å². The molecule has 0 radical (unpaired) electrons. The molecule has 1 aliphatic heterocycles. The summed E-state index contributed by atoms with van der Waals surface area (Å²) in [7, 11) is 3.26. The molecule has 2 heterocycles. The lowest BCUT2D eigenvalue weighted by atomic mass is 9.96. The lowest BCUT2D eigenvalue weighted by Gasteiger charge is -2.40. The van der Waals surface area contributed by atoms with Gasteiger partial charge in [0.05, 0.1) is 31.3 Å². The first-order valence-electron chi connectivity index (χ1n) is 14.0. The van der Waals surface area contributed by atoms with E-state index in [0.717, 1.165) is 41.9 Å². The molecule has 1 aliphatic rings. The van der Waals surface area contributed by atoms with Crippen molar-refractivity contribution in [3.8, 4) is 17.2 Å². The van der Waals surface area contributed by atoms with Gasteiger partial charge in [0.2, 0.25) is 11.8 Å². The molecule has 4 rings (SSSR count). The molecular weight excluding hydrogens is 490 g/mol. The molecule has 3 aromatic rings. The zero-order valence-electron chi connectivity index (χ0n) is 23.9. The second kappa shape index (κ2) is 12.9. The number of ether oxygens (including phenoxy) is 2. The Morgan fingerprint density at radius 1 is 0.923 bits per heavy atom. The number of hydrogen-bond acceptors (Lipinski definition) is 4. The quantitative estimate of drug-likeness (QED) is 0.249. The number of hydrogen-bond donors (Lipinski definition) is 0. The van der Waals surface area contributed by atoms with Gasteiger partial charge in [0.1, 0.15) is 24.1 Å². The van der Waals surface area contributed by atoms with E-state index in [2.05, 4.69) is 11.5 Å². The summed E-state index contributed by atoms with van der Waals surface area (Å²) in [5.41, 5.74) is 3.46. The van der Waals surface area contributed by atoms with E-state index in [1.54, 1.807) is 19.1 Å². The van der Waals surface area contributed by atoms with Crippen LogP contribution in [0.1, 0.15) is 76.6 Å². The fourth-order valence-corrected chi connectivity index (χ4v) is 5.41. The van der Waals surface area contributed by atoms with Crippen LogP contribution in [0.15, 0.2) is 60.8 Å². The van der Waals surface area contributed by atoms with Crippen molar-refractivity contribution in [2.24, 2.45) is 0 Å². The zero-order chi connectivity index (χ0) is 27.9. The number of methoxy groups -OCH3 is 2. The highest BCUT2D eigenvalue weighted by Gasteiger charge is 2.38. The molecule has 0 bridgehead atoms. The van der Waals surface area contributed by atoms with Crippen molar-refractivity contribution in [2.75, 3.05) is 25.7 Å². The van der Waals surface area contributed by atoms with Crippen LogP contribution in [0.3, 0.4) is 0 Å². The van der Waals surface area contributed by atoms with Crippen LogP contribution in [-0.2, 0) is 9.59 Å². The van der Waals surface area contributed by atoms with E-state index < -0.39 is 6.04 Å². The summed E-state index contributed by atoms with van der Waals surface area (Å²) in [5.74, 6) is 1.23. The highest BCUT2D eigenvalue weighted by atomic mass is 16.5. The Morgan fingerprint density at radius 3 is 2.36 bits per heavy atom. The van der Waals surface area contributed by atoms with Crippen molar-refractivity contribution >= 4 is 17.5 Å². The number of anilines is 1. The third-order valence-corrected chi connectivity index (χ3v) is 7.46. The largest absolute Gasteiger partial charge is 0.497 e. The van der Waals surface area contributed by atoms with E-state index in [0.29, 0.717) is 17.9 Å². The number of unbranched alkanes of at least 4 members (excludes halogenated alkanes) is 4. The molecule has 39 heavy (non-hydrogen) atoms. The molecular formula is C32H41N3O4. The average Bonchev–Trinajstić information content (AvgIpc) is 3.44. The maximum atomic E-state index is 14.3. The number of rotatable bonds is 12. The topological polar surface area (TPSA) is 64.0 Å². The second-order valence-corrected chi connectivity index (χ2v) is 10.3. The maximum Gasteiger partial charge on any atom is 0.247 e. The highest BCUT2D eigenvalue weighted by molar-refractivity contribution is 6.00. The Hall–Kier alpha value is -3.74. The van der Waals surface area contributed by atoms with Gasteiger partial charge in [0.25, 0.3) is 0 Å². The van der Waals surface area contributed by atoms with Gasteiger partial charge in [-0.15, -0.1) is 0 Å². The summed E-state index contributed by atoms with van der Waals surface area (Å²) in [4.78, 5) is 31.1. The average molecular weight is 532 g/mol. The second-order valence-electron chi connectivity index (χ2n) is 10.3. The summed E-state index contributed by atoms with van der Waals surface area (Å²) >= 11 is 0. The van der Waals surface area contributed by atoms with Gasteiger partial charge in [0, 0.05) is 24.2 Å². The molecule has 0 aliphatic carbocycles. The minimum atomic E-state index is -0.467. The van der Waals surface area contributed by atoms with Gasteiger partial charge < -0.3 is 18.9 Å². The van der Waals surface area contributed by atoms with Crippen LogP contribution >= 0.6 is 0 Å². The summed E-state index contributed by atoms with van der Waals surface area (Å²) in [5, 5.41) is 0. The number of benzene rings is 2. The molecule has 1 aromatic heterocycles. The number of nitrogens with zero attached hydrogens (tertiary/aromatic N) is 3. The van der Waals surface area contributed by atoms with Gasteiger partial charge in [-0.1, -0.05) is 44.7 Å². The molecule has 0 saturated carbocycles. The third-order valence-electron chi connectivity index (χ3n) is 7.46. The summed E-state index contributed by atoms with van der Waals surface area (Å²) < 4.78 is 13.4. The van der Waals surface area contributed by atoms with Crippen LogP contribution < -0.4 is 14.4 Å². The summed E-state index contributed by atoms with van der Waals surface area (Å²) in [6.07, 6.45) is 7.85. The number of amides is 2. The molecule has 7 heteroatoms. The van der Waals surface area contributed by atoms with Crippen LogP contribution in [0, 0.1) is 0 Å². The number of para-hydroxylation sites is 2. The van der Waals surface area contributed by atoms with Crippen LogP contribution in [0.5, 0.6) is 11.5 Å². The van der Waals surface area contributed by atoms with Crippen molar-refractivity contribution in [3.63, 3.8) is 0 Å². The summed E-state index contributed by atoms with van der Waals surface area (Å²) in [6, 6.07) is 17.0. The molecule has 1 unspecified atom stereocenters. The minimum Gasteiger partial charge on any atom is -0.497 e. The molecule has 2 aromatic carbocycles. The van der Waals surface area contributed by atoms with E-state index in [9.17, 15) is 9.59 Å². The third kappa shape index (κ3) is 5.97. The Morgan fingerprint density at radius 2 is 1.67 bits per heavy atom.